The van der Waals surface area contributed by atoms with Crippen LogP contribution in [0.1, 0.15) is 24.5 Å². The first-order valence-corrected chi connectivity index (χ1v) is 10.6. The van der Waals surface area contributed by atoms with Gasteiger partial charge in [-0.2, -0.15) is 0 Å². The van der Waals surface area contributed by atoms with Gasteiger partial charge in [0.05, 0.1) is 33.4 Å². The minimum absolute atomic E-state index is 0.163. The van der Waals surface area contributed by atoms with Crippen molar-refractivity contribution >= 4 is 22.4 Å². The Morgan fingerprint density at radius 1 is 1.00 bits per heavy atom. The first kappa shape index (κ1) is 21.6. The number of aromatic nitrogens is 1. The largest absolute Gasteiger partial charge is 0.493 e. The lowest BCUT2D eigenvalue weighted by atomic mass is 10.1. The molecule has 2 aromatic carbocycles. The van der Waals surface area contributed by atoms with Crippen molar-refractivity contribution in [1.29, 1.82) is 0 Å². The summed E-state index contributed by atoms with van der Waals surface area (Å²) in [5, 5.41) is 5.39. The average Bonchev–Trinajstić information content (AvgIpc) is 3.21. The predicted octanol–water partition coefficient (Wildman–Crippen LogP) is 4.97. The first-order chi connectivity index (χ1) is 14.6. The molecule has 6 nitrogen and oxygen atoms in total. The number of carbonyl (C=O) groups excluding carboxylic acids is 1. The zero-order valence-corrected chi connectivity index (χ0v) is 18.5. The summed E-state index contributed by atoms with van der Waals surface area (Å²) in [7, 11) is 4.64. The SMILES string of the molecule is CCCc1ccc(-c2csc(NC(=O)Cc3cc(OC)c(OC)c(OC)c3)n2)cc1. The van der Waals surface area contributed by atoms with E-state index >= 15 is 0 Å². The monoisotopic (exact) mass is 426 g/mol. The summed E-state index contributed by atoms with van der Waals surface area (Å²) in [5.41, 5.74) is 3.96. The van der Waals surface area contributed by atoms with E-state index < -0.39 is 0 Å². The number of anilines is 1. The Labute approximate surface area is 180 Å². The third-order valence-corrected chi connectivity index (χ3v) is 5.39. The molecule has 0 saturated heterocycles. The van der Waals surface area contributed by atoms with Gasteiger partial charge in [0.1, 0.15) is 0 Å². The van der Waals surface area contributed by atoms with Crippen molar-refractivity contribution in [2.24, 2.45) is 0 Å². The summed E-state index contributed by atoms with van der Waals surface area (Å²) in [5.74, 6) is 1.37. The maximum absolute atomic E-state index is 12.5. The second-order valence-corrected chi connectivity index (χ2v) is 7.60. The first-order valence-electron chi connectivity index (χ1n) is 9.71. The topological polar surface area (TPSA) is 69.7 Å². The third-order valence-electron chi connectivity index (χ3n) is 4.63. The van der Waals surface area contributed by atoms with Crippen LogP contribution < -0.4 is 19.5 Å². The van der Waals surface area contributed by atoms with Crippen molar-refractivity contribution < 1.29 is 19.0 Å². The number of nitrogens with one attached hydrogen (secondary N) is 1. The molecule has 1 aromatic heterocycles. The molecule has 1 heterocycles. The predicted molar refractivity (Wildman–Crippen MR) is 120 cm³/mol. The molecule has 0 aliphatic heterocycles. The van der Waals surface area contributed by atoms with E-state index in [0.29, 0.717) is 22.4 Å². The maximum Gasteiger partial charge on any atom is 0.230 e. The van der Waals surface area contributed by atoms with Crippen molar-refractivity contribution in [3.63, 3.8) is 0 Å². The lowest BCUT2D eigenvalue weighted by Crippen LogP contribution is -2.14. The molecule has 0 atom stereocenters. The summed E-state index contributed by atoms with van der Waals surface area (Å²) in [6.07, 6.45) is 2.36. The maximum atomic E-state index is 12.5. The van der Waals surface area contributed by atoms with Gasteiger partial charge in [0.2, 0.25) is 11.7 Å². The van der Waals surface area contributed by atoms with Crippen LogP contribution in [-0.4, -0.2) is 32.2 Å². The van der Waals surface area contributed by atoms with Gasteiger partial charge >= 0.3 is 0 Å². The smallest absolute Gasteiger partial charge is 0.230 e. The van der Waals surface area contributed by atoms with Gasteiger partial charge in [0.15, 0.2) is 16.6 Å². The standard InChI is InChI=1S/C23H26N2O4S/c1-5-6-15-7-9-17(10-8-15)18-14-30-23(24-18)25-21(26)13-16-11-19(27-2)22(29-4)20(12-16)28-3/h7-12,14H,5-6,13H2,1-4H3,(H,24,25,26). The zero-order valence-electron chi connectivity index (χ0n) is 17.7. The molecule has 0 aliphatic rings. The second kappa shape index (κ2) is 10.1. The quantitative estimate of drug-likeness (QED) is 0.523. The Balaban J connectivity index is 1.68. The number of carbonyl (C=O) groups is 1. The number of aryl methyl sites for hydroxylation is 1. The molecule has 0 unspecified atom stereocenters. The fraction of sp³-hybridized carbons (Fsp3) is 0.304. The van der Waals surface area contributed by atoms with Crippen LogP contribution in [0.3, 0.4) is 0 Å². The van der Waals surface area contributed by atoms with Crippen molar-refractivity contribution in [1.82, 2.24) is 4.98 Å². The number of rotatable bonds is 9. The lowest BCUT2D eigenvalue weighted by molar-refractivity contribution is -0.115. The van der Waals surface area contributed by atoms with Crippen molar-refractivity contribution in [3.8, 4) is 28.5 Å². The third kappa shape index (κ3) is 5.10. The van der Waals surface area contributed by atoms with Crippen LogP contribution in [0.25, 0.3) is 11.3 Å². The van der Waals surface area contributed by atoms with E-state index in [2.05, 4.69) is 41.5 Å². The molecule has 0 aliphatic carbocycles. The van der Waals surface area contributed by atoms with Crippen molar-refractivity contribution in [3.05, 3.63) is 52.9 Å². The molecule has 0 spiro atoms. The molecule has 0 bridgehead atoms. The summed E-state index contributed by atoms with van der Waals surface area (Å²) in [6, 6.07) is 11.9. The Morgan fingerprint density at radius 3 is 2.23 bits per heavy atom. The molecule has 30 heavy (non-hydrogen) atoms. The van der Waals surface area contributed by atoms with Gasteiger partial charge in [0, 0.05) is 10.9 Å². The van der Waals surface area contributed by atoms with Crippen LogP contribution in [0.2, 0.25) is 0 Å². The molecular formula is C23H26N2O4S. The molecule has 1 amide bonds. The number of hydrogen-bond donors (Lipinski definition) is 1. The molecular weight excluding hydrogens is 400 g/mol. The fourth-order valence-corrected chi connectivity index (χ4v) is 3.92. The Hall–Kier alpha value is -3.06. The number of thiazole rings is 1. The van der Waals surface area contributed by atoms with Gasteiger partial charge in [0.25, 0.3) is 0 Å². The molecule has 3 rings (SSSR count). The van der Waals surface area contributed by atoms with Crippen LogP contribution in [0.15, 0.2) is 41.8 Å². The minimum atomic E-state index is -0.163. The van der Waals surface area contributed by atoms with Crippen LogP contribution in [-0.2, 0) is 17.6 Å². The Kier molecular flexibility index (Phi) is 7.30. The summed E-state index contributed by atoms with van der Waals surface area (Å²) in [4.78, 5) is 17.1. The van der Waals surface area contributed by atoms with Crippen molar-refractivity contribution in [2.75, 3.05) is 26.6 Å². The number of hydrogen-bond acceptors (Lipinski definition) is 6. The highest BCUT2D eigenvalue weighted by Gasteiger charge is 2.16. The number of ether oxygens (including phenoxy) is 3. The van der Waals surface area contributed by atoms with E-state index in [-0.39, 0.29) is 12.3 Å². The van der Waals surface area contributed by atoms with Gasteiger partial charge < -0.3 is 19.5 Å². The Bertz CT molecular complexity index is 974. The highest BCUT2D eigenvalue weighted by atomic mass is 32.1. The number of amides is 1. The van der Waals surface area contributed by atoms with Crippen LogP contribution >= 0.6 is 11.3 Å². The molecule has 0 fully saturated rings. The lowest BCUT2D eigenvalue weighted by Gasteiger charge is -2.13. The van der Waals surface area contributed by atoms with E-state index in [4.69, 9.17) is 14.2 Å². The van der Waals surface area contributed by atoms with E-state index in [0.717, 1.165) is 29.7 Å². The molecule has 158 valence electrons. The van der Waals surface area contributed by atoms with Gasteiger partial charge in [-0.1, -0.05) is 37.6 Å². The molecule has 3 aromatic rings. The highest BCUT2D eigenvalue weighted by molar-refractivity contribution is 7.14. The summed E-state index contributed by atoms with van der Waals surface area (Å²) in [6.45, 7) is 2.17. The van der Waals surface area contributed by atoms with Crippen LogP contribution in [0.5, 0.6) is 17.2 Å². The zero-order chi connectivity index (χ0) is 21.5. The van der Waals surface area contributed by atoms with Gasteiger partial charge in [-0.15, -0.1) is 11.3 Å². The van der Waals surface area contributed by atoms with Gasteiger partial charge in [-0.3, -0.25) is 4.79 Å². The van der Waals surface area contributed by atoms with Crippen LogP contribution in [0.4, 0.5) is 5.13 Å². The van der Waals surface area contributed by atoms with Crippen LogP contribution in [0, 0.1) is 0 Å². The van der Waals surface area contributed by atoms with Crippen molar-refractivity contribution in [2.45, 2.75) is 26.2 Å². The molecule has 7 heteroatoms. The van der Waals surface area contributed by atoms with E-state index in [9.17, 15) is 4.79 Å². The van der Waals surface area contributed by atoms with Gasteiger partial charge in [-0.05, 0) is 29.7 Å². The number of nitrogens with zero attached hydrogens (tertiary/aromatic N) is 1. The Morgan fingerprint density at radius 2 is 1.67 bits per heavy atom. The fourth-order valence-electron chi connectivity index (χ4n) is 3.18. The van der Waals surface area contributed by atoms with E-state index in [1.165, 1.54) is 16.9 Å². The summed E-state index contributed by atoms with van der Waals surface area (Å²) >= 11 is 1.41. The molecule has 1 N–H and O–H groups in total. The van der Waals surface area contributed by atoms with Gasteiger partial charge in [-0.25, -0.2) is 4.98 Å². The average molecular weight is 427 g/mol. The summed E-state index contributed by atoms with van der Waals surface area (Å²) < 4.78 is 16.0. The normalized spacial score (nSPS) is 10.5. The second-order valence-electron chi connectivity index (χ2n) is 6.74. The molecule has 0 radical (unpaired) electrons. The highest BCUT2D eigenvalue weighted by Crippen LogP contribution is 2.38. The number of benzene rings is 2. The molecule has 0 saturated carbocycles. The minimum Gasteiger partial charge on any atom is -0.493 e. The van der Waals surface area contributed by atoms with E-state index in [1.807, 2.05) is 5.38 Å². The number of methoxy groups -OCH3 is 3. The van der Waals surface area contributed by atoms with E-state index in [1.54, 1.807) is 33.5 Å².